The van der Waals surface area contributed by atoms with Gasteiger partial charge in [0.25, 0.3) is 11.8 Å². The molecule has 0 aromatic heterocycles. The third kappa shape index (κ3) is 5.26. The van der Waals surface area contributed by atoms with E-state index in [2.05, 4.69) is 15.9 Å². The summed E-state index contributed by atoms with van der Waals surface area (Å²) < 4.78 is 25.3. The van der Waals surface area contributed by atoms with Crippen LogP contribution in [0.4, 0.5) is 10.1 Å². The molecule has 4 rings (SSSR count). The highest BCUT2D eigenvalue weighted by Crippen LogP contribution is 2.30. The number of halogens is 2. The van der Waals surface area contributed by atoms with Gasteiger partial charge in [-0.25, -0.2) is 9.29 Å². The van der Waals surface area contributed by atoms with Crippen LogP contribution in [0, 0.1) is 5.82 Å². The van der Waals surface area contributed by atoms with Crippen molar-refractivity contribution in [3.8, 4) is 11.5 Å². The Morgan fingerprint density at radius 3 is 2.42 bits per heavy atom. The van der Waals surface area contributed by atoms with Crippen LogP contribution < -0.4 is 14.4 Å². The minimum Gasteiger partial charge on any atom is -0.493 e. The van der Waals surface area contributed by atoms with E-state index in [1.807, 2.05) is 6.07 Å². The monoisotopic (exact) mass is 554 g/mol. The van der Waals surface area contributed by atoms with E-state index in [9.17, 15) is 18.8 Å². The van der Waals surface area contributed by atoms with Gasteiger partial charge < -0.3 is 14.4 Å². The normalized spacial score (nSPS) is 15.2. The lowest BCUT2D eigenvalue weighted by Crippen LogP contribution is -2.46. The zero-order chi connectivity index (χ0) is 25.8. The Bertz CT molecular complexity index is 1300. The Morgan fingerprint density at radius 2 is 1.75 bits per heavy atom. The molecule has 1 unspecified atom stereocenters. The fourth-order valence-electron chi connectivity index (χ4n) is 4.19. The summed E-state index contributed by atoms with van der Waals surface area (Å²) in [4.78, 5) is 42.3. The van der Waals surface area contributed by atoms with Crippen molar-refractivity contribution >= 4 is 39.3 Å². The Hall–Kier alpha value is -3.72. The molecular formula is C27H24BrFN2O5. The highest BCUT2D eigenvalue weighted by Gasteiger charge is 2.44. The quantitative estimate of drug-likeness (QED) is 0.380. The first-order valence-electron chi connectivity index (χ1n) is 11.2. The molecule has 1 saturated heterocycles. The van der Waals surface area contributed by atoms with E-state index in [1.165, 1.54) is 37.3 Å². The summed E-state index contributed by atoms with van der Waals surface area (Å²) in [5.41, 5.74) is 1.37. The number of benzene rings is 3. The van der Waals surface area contributed by atoms with Crippen molar-refractivity contribution in [3.63, 3.8) is 0 Å². The van der Waals surface area contributed by atoms with Gasteiger partial charge in [0.15, 0.2) is 11.5 Å². The first-order valence-corrected chi connectivity index (χ1v) is 12.0. The van der Waals surface area contributed by atoms with Crippen molar-refractivity contribution in [2.45, 2.75) is 18.9 Å². The van der Waals surface area contributed by atoms with Crippen LogP contribution in [0.5, 0.6) is 11.5 Å². The van der Waals surface area contributed by atoms with Crippen molar-refractivity contribution in [1.29, 1.82) is 0 Å². The van der Waals surface area contributed by atoms with Gasteiger partial charge in [0.2, 0.25) is 5.91 Å². The summed E-state index contributed by atoms with van der Waals surface area (Å²) in [5.74, 6) is -0.901. The number of ether oxygens (including phenoxy) is 2. The summed E-state index contributed by atoms with van der Waals surface area (Å²) in [5, 5.41) is 0. The second kappa shape index (κ2) is 10.9. The van der Waals surface area contributed by atoms with Gasteiger partial charge in [-0.3, -0.25) is 14.4 Å². The number of carbonyl (C=O) groups is 3. The number of carbonyl (C=O) groups excluding carboxylic acids is 3. The number of nitrogens with zero attached hydrogens (tertiary/aromatic N) is 2. The van der Waals surface area contributed by atoms with Gasteiger partial charge in [-0.1, -0.05) is 28.1 Å². The van der Waals surface area contributed by atoms with Crippen molar-refractivity contribution in [2.24, 2.45) is 0 Å². The molecule has 0 bridgehead atoms. The molecule has 0 N–H and O–H groups in total. The molecular weight excluding hydrogens is 531 g/mol. The molecule has 1 aliphatic heterocycles. The molecule has 36 heavy (non-hydrogen) atoms. The average Bonchev–Trinajstić information content (AvgIpc) is 3.17. The van der Waals surface area contributed by atoms with Crippen molar-refractivity contribution in [2.75, 3.05) is 25.7 Å². The van der Waals surface area contributed by atoms with Gasteiger partial charge in [0.05, 0.1) is 26.3 Å². The fourth-order valence-corrected chi connectivity index (χ4v) is 4.46. The van der Waals surface area contributed by atoms with Crippen LogP contribution in [-0.4, -0.2) is 49.4 Å². The molecule has 1 atom stereocenters. The van der Waals surface area contributed by atoms with E-state index in [-0.39, 0.29) is 18.5 Å². The van der Waals surface area contributed by atoms with Crippen LogP contribution >= 0.6 is 15.9 Å². The summed E-state index contributed by atoms with van der Waals surface area (Å²) >= 11 is 3.34. The standard InChI is InChI=1S/C27H24BrFN2O5/c1-35-23-11-6-17(14-24(23)36-2)12-13-30(26(33)18-4-3-5-20(29)15-18)22-16-25(32)31(27(22)34)21-9-7-19(28)8-10-21/h3-11,14-15,22H,12-13,16H2,1-2H3. The molecule has 1 aliphatic rings. The zero-order valence-corrected chi connectivity index (χ0v) is 21.3. The molecule has 0 radical (unpaired) electrons. The molecule has 1 heterocycles. The average molecular weight is 555 g/mol. The molecule has 3 aromatic carbocycles. The first-order chi connectivity index (χ1) is 17.3. The minimum atomic E-state index is -1.02. The maximum absolute atomic E-state index is 13.9. The predicted octanol–water partition coefficient (Wildman–Crippen LogP) is 4.62. The van der Waals surface area contributed by atoms with E-state index in [4.69, 9.17) is 9.47 Å². The second-order valence-electron chi connectivity index (χ2n) is 8.21. The van der Waals surface area contributed by atoms with Crippen molar-refractivity contribution in [3.05, 3.63) is 88.1 Å². The van der Waals surface area contributed by atoms with Gasteiger partial charge in [-0.05, 0) is 66.6 Å². The van der Waals surface area contributed by atoms with Gasteiger partial charge in [0, 0.05) is 16.6 Å². The number of anilines is 1. The number of imide groups is 1. The van der Waals surface area contributed by atoms with Gasteiger partial charge in [-0.15, -0.1) is 0 Å². The van der Waals surface area contributed by atoms with Crippen LogP contribution in [0.2, 0.25) is 0 Å². The first kappa shape index (κ1) is 25.4. The summed E-state index contributed by atoms with van der Waals surface area (Å²) in [6.07, 6.45) is 0.208. The van der Waals surface area contributed by atoms with Gasteiger partial charge >= 0.3 is 0 Å². The second-order valence-corrected chi connectivity index (χ2v) is 9.13. The predicted molar refractivity (Wildman–Crippen MR) is 136 cm³/mol. The molecule has 0 spiro atoms. The highest BCUT2D eigenvalue weighted by atomic mass is 79.9. The third-order valence-corrected chi connectivity index (χ3v) is 6.53. The summed E-state index contributed by atoms with van der Waals surface area (Å²) in [7, 11) is 3.07. The number of methoxy groups -OCH3 is 2. The Labute approximate surface area is 216 Å². The number of hydrogen-bond donors (Lipinski definition) is 0. The molecule has 186 valence electrons. The van der Waals surface area contributed by atoms with Crippen molar-refractivity contribution in [1.82, 2.24) is 4.90 Å². The van der Waals surface area contributed by atoms with Crippen LogP contribution in [0.15, 0.2) is 71.2 Å². The van der Waals surface area contributed by atoms with E-state index < -0.39 is 29.6 Å². The molecule has 3 amide bonds. The lowest BCUT2D eigenvalue weighted by Gasteiger charge is -2.28. The van der Waals surface area contributed by atoms with Gasteiger partial charge in [-0.2, -0.15) is 0 Å². The number of amides is 3. The maximum Gasteiger partial charge on any atom is 0.257 e. The maximum atomic E-state index is 13.9. The van der Waals surface area contributed by atoms with E-state index in [0.717, 1.165) is 21.0 Å². The Balaban J connectivity index is 1.64. The summed E-state index contributed by atoms with van der Waals surface area (Å²) in [6.45, 7) is 0.128. The summed E-state index contributed by atoms with van der Waals surface area (Å²) in [6, 6.07) is 16.4. The molecule has 1 fully saturated rings. The molecule has 0 aliphatic carbocycles. The van der Waals surface area contributed by atoms with Crippen LogP contribution in [0.3, 0.4) is 0 Å². The SMILES string of the molecule is COc1ccc(CCN(C(=O)c2cccc(F)c2)C2CC(=O)N(c3ccc(Br)cc3)C2=O)cc1OC. The number of hydrogen-bond acceptors (Lipinski definition) is 5. The van der Waals surface area contributed by atoms with Crippen LogP contribution in [-0.2, 0) is 16.0 Å². The molecule has 9 heteroatoms. The zero-order valence-electron chi connectivity index (χ0n) is 19.7. The molecule has 0 saturated carbocycles. The molecule has 3 aromatic rings. The highest BCUT2D eigenvalue weighted by molar-refractivity contribution is 9.10. The minimum absolute atomic E-state index is 0.102. The lowest BCUT2D eigenvalue weighted by molar-refractivity contribution is -0.122. The topological polar surface area (TPSA) is 76.2 Å². The van der Waals surface area contributed by atoms with Crippen LogP contribution in [0.25, 0.3) is 0 Å². The lowest BCUT2D eigenvalue weighted by atomic mass is 10.1. The van der Waals surface area contributed by atoms with E-state index in [0.29, 0.717) is 23.6 Å². The van der Waals surface area contributed by atoms with Crippen LogP contribution in [0.1, 0.15) is 22.3 Å². The number of rotatable bonds is 8. The Kier molecular flexibility index (Phi) is 7.69. The third-order valence-electron chi connectivity index (χ3n) is 6.01. The fraction of sp³-hybridized carbons (Fsp3) is 0.222. The van der Waals surface area contributed by atoms with Crippen molar-refractivity contribution < 1.29 is 28.2 Å². The smallest absolute Gasteiger partial charge is 0.257 e. The Morgan fingerprint density at radius 1 is 1.03 bits per heavy atom. The van der Waals surface area contributed by atoms with E-state index in [1.54, 1.807) is 36.4 Å². The molecule has 7 nitrogen and oxygen atoms in total. The van der Waals surface area contributed by atoms with Gasteiger partial charge in [0.1, 0.15) is 11.9 Å². The largest absolute Gasteiger partial charge is 0.493 e. The van der Waals surface area contributed by atoms with E-state index >= 15 is 0 Å².